The van der Waals surface area contributed by atoms with Gasteiger partial charge in [-0.25, -0.2) is 4.79 Å². The molecule has 0 atom stereocenters. The summed E-state index contributed by atoms with van der Waals surface area (Å²) in [6, 6.07) is 5.82. The Hall–Kier alpha value is -2.30. The minimum Gasteiger partial charge on any atom is -0.463 e. The molecule has 5 heteroatoms. The highest BCUT2D eigenvalue weighted by Gasteiger charge is 2.01. The summed E-state index contributed by atoms with van der Waals surface area (Å²) in [5.74, 6) is -0.342. The predicted octanol–water partition coefficient (Wildman–Crippen LogP) is 2.44. The van der Waals surface area contributed by atoms with Gasteiger partial charge in [0.05, 0.1) is 18.3 Å². The van der Waals surface area contributed by atoms with E-state index in [1.54, 1.807) is 13.1 Å². The van der Waals surface area contributed by atoms with Crippen LogP contribution in [0.2, 0.25) is 0 Å². The van der Waals surface area contributed by atoms with Crippen molar-refractivity contribution in [2.24, 2.45) is 0 Å². The van der Waals surface area contributed by atoms with Crippen LogP contribution in [0.3, 0.4) is 0 Å². The van der Waals surface area contributed by atoms with Crippen LogP contribution in [0.25, 0.3) is 10.9 Å². The van der Waals surface area contributed by atoms with Gasteiger partial charge in [0.2, 0.25) is 0 Å². The van der Waals surface area contributed by atoms with Gasteiger partial charge < -0.3 is 10.1 Å². The van der Waals surface area contributed by atoms with Gasteiger partial charge in [0.15, 0.2) is 0 Å². The number of hydrogen-bond acceptors (Lipinski definition) is 4. The van der Waals surface area contributed by atoms with Crippen molar-refractivity contribution < 1.29 is 9.53 Å². The van der Waals surface area contributed by atoms with Crippen LogP contribution in [0.5, 0.6) is 0 Å². The SMILES string of the molecule is CCOC(=O)/C=C(/C)Nc1ccc2cn[nH]c2c1. The molecule has 1 heterocycles. The Morgan fingerprint density at radius 1 is 1.56 bits per heavy atom. The average molecular weight is 245 g/mol. The molecule has 0 aliphatic rings. The van der Waals surface area contributed by atoms with E-state index in [9.17, 15) is 4.79 Å². The molecule has 1 aromatic carbocycles. The normalized spacial score (nSPS) is 11.6. The van der Waals surface area contributed by atoms with Crippen molar-refractivity contribution in [1.82, 2.24) is 10.2 Å². The van der Waals surface area contributed by atoms with E-state index >= 15 is 0 Å². The molecule has 0 aliphatic heterocycles. The molecule has 0 fully saturated rings. The second kappa shape index (κ2) is 5.35. The maximum Gasteiger partial charge on any atom is 0.332 e. The number of allylic oxidation sites excluding steroid dienone is 1. The van der Waals surface area contributed by atoms with Crippen LogP contribution in [0.4, 0.5) is 5.69 Å². The van der Waals surface area contributed by atoms with Crippen LogP contribution >= 0.6 is 0 Å². The standard InChI is InChI=1S/C13H15N3O2/c1-3-18-13(17)6-9(2)15-11-5-4-10-8-14-16-12(10)7-11/h4-8,15H,3H2,1-2H3,(H,14,16)/b9-6-. The molecule has 0 radical (unpaired) electrons. The fraction of sp³-hybridized carbons (Fsp3) is 0.231. The Kier molecular flexibility index (Phi) is 3.62. The summed E-state index contributed by atoms with van der Waals surface area (Å²) in [5, 5.41) is 11.0. The molecule has 18 heavy (non-hydrogen) atoms. The summed E-state index contributed by atoms with van der Waals surface area (Å²) >= 11 is 0. The number of carbonyl (C=O) groups excluding carboxylic acids is 1. The maximum absolute atomic E-state index is 11.3. The van der Waals surface area contributed by atoms with Gasteiger partial charge in [-0.2, -0.15) is 5.10 Å². The van der Waals surface area contributed by atoms with E-state index in [0.29, 0.717) is 6.61 Å². The number of nitrogens with one attached hydrogen (secondary N) is 2. The number of aromatic amines is 1. The fourth-order valence-electron chi connectivity index (χ4n) is 1.64. The molecular weight excluding hydrogens is 230 g/mol. The third kappa shape index (κ3) is 2.88. The van der Waals surface area contributed by atoms with Crippen LogP contribution in [-0.2, 0) is 9.53 Å². The highest BCUT2D eigenvalue weighted by atomic mass is 16.5. The number of carbonyl (C=O) groups is 1. The van der Waals surface area contributed by atoms with Crippen LogP contribution in [0.15, 0.2) is 36.2 Å². The average Bonchev–Trinajstić information content (AvgIpc) is 2.76. The lowest BCUT2D eigenvalue weighted by molar-refractivity contribution is -0.137. The van der Waals surface area contributed by atoms with E-state index in [0.717, 1.165) is 22.3 Å². The van der Waals surface area contributed by atoms with Gasteiger partial charge in [0.25, 0.3) is 0 Å². The van der Waals surface area contributed by atoms with Gasteiger partial charge >= 0.3 is 5.97 Å². The van der Waals surface area contributed by atoms with E-state index in [1.807, 2.05) is 25.1 Å². The number of nitrogens with zero attached hydrogens (tertiary/aromatic N) is 1. The summed E-state index contributed by atoms with van der Waals surface area (Å²) in [6.45, 7) is 3.97. The molecule has 5 nitrogen and oxygen atoms in total. The minimum atomic E-state index is -0.342. The lowest BCUT2D eigenvalue weighted by Gasteiger charge is -2.06. The van der Waals surface area contributed by atoms with Crippen molar-refractivity contribution in [2.75, 3.05) is 11.9 Å². The van der Waals surface area contributed by atoms with Crippen molar-refractivity contribution in [1.29, 1.82) is 0 Å². The zero-order valence-corrected chi connectivity index (χ0v) is 10.4. The van der Waals surface area contributed by atoms with Gasteiger partial charge in [-0.15, -0.1) is 0 Å². The Balaban J connectivity index is 2.10. The topological polar surface area (TPSA) is 67.0 Å². The predicted molar refractivity (Wildman–Crippen MR) is 70.1 cm³/mol. The number of aromatic nitrogens is 2. The molecule has 0 amide bonds. The number of benzene rings is 1. The lowest BCUT2D eigenvalue weighted by atomic mass is 10.2. The van der Waals surface area contributed by atoms with Crippen molar-refractivity contribution in [3.8, 4) is 0 Å². The van der Waals surface area contributed by atoms with Crippen molar-refractivity contribution in [2.45, 2.75) is 13.8 Å². The minimum absolute atomic E-state index is 0.342. The molecule has 1 aromatic heterocycles. The monoisotopic (exact) mass is 245 g/mol. The first-order valence-corrected chi connectivity index (χ1v) is 5.74. The van der Waals surface area contributed by atoms with E-state index in [-0.39, 0.29) is 5.97 Å². The number of hydrogen-bond donors (Lipinski definition) is 2. The third-order valence-corrected chi connectivity index (χ3v) is 2.40. The van der Waals surface area contributed by atoms with Crippen LogP contribution < -0.4 is 5.32 Å². The number of rotatable bonds is 4. The number of H-pyrrole nitrogens is 1. The molecule has 0 unspecified atom stereocenters. The second-order valence-electron chi connectivity index (χ2n) is 3.88. The van der Waals surface area contributed by atoms with Crippen LogP contribution in [0, 0.1) is 0 Å². The van der Waals surface area contributed by atoms with Gasteiger partial charge in [-0.3, -0.25) is 5.10 Å². The Labute approximate surface area is 105 Å². The van der Waals surface area contributed by atoms with Crippen LogP contribution in [-0.4, -0.2) is 22.8 Å². The Morgan fingerprint density at radius 2 is 2.39 bits per heavy atom. The Bertz CT molecular complexity index is 587. The van der Waals surface area contributed by atoms with Crippen molar-refractivity contribution >= 4 is 22.6 Å². The second-order valence-corrected chi connectivity index (χ2v) is 3.88. The van der Waals surface area contributed by atoms with E-state index in [1.165, 1.54) is 6.08 Å². The largest absolute Gasteiger partial charge is 0.463 e. The first-order chi connectivity index (χ1) is 8.69. The zero-order valence-electron chi connectivity index (χ0n) is 10.4. The summed E-state index contributed by atoms with van der Waals surface area (Å²) < 4.78 is 4.84. The fourth-order valence-corrected chi connectivity index (χ4v) is 1.64. The summed E-state index contributed by atoms with van der Waals surface area (Å²) in [4.78, 5) is 11.3. The molecule has 0 bridgehead atoms. The number of ether oxygens (including phenoxy) is 1. The van der Waals surface area contributed by atoms with Crippen LogP contribution in [0.1, 0.15) is 13.8 Å². The molecule has 2 aromatic rings. The molecule has 2 rings (SSSR count). The number of esters is 1. The van der Waals surface area contributed by atoms with Gasteiger partial charge in [0, 0.05) is 22.8 Å². The Morgan fingerprint density at radius 3 is 3.17 bits per heavy atom. The maximum atomic E-state index is 11.3. The lowest BCUT2D eigenvalue weighted by Crippen LogP contribution is -2.04. The van der Waals surface area contributed by atoms with Gasteiger partial charge in [-0.1, -0.05) is 0 Å². The molecular formula is C13H15N3O2. The molecule has 0 saturated carbocycles. The van der Waals surface area contributed by atoms with E-state index in [4.69, 9.17) is 4.74 Å². The molecule has 2 N–H and O–H groups in total. The van der Waals surface area contributed by atoms with E-state index in [2.05, 4.69) is 15.5 Å². The number of anilines is 1. The highest BCUT2D eigenvalue weighted by Crippen LogP contribution is 2.17. The molecule has 0 saturated heterocycles. The third-order valence-electron chi connectivity index (χ3n) is 2.40. The molecule has 0 spiro atoms. The smallest absolute Gasteiger partial charge is 0.332 e. The number of fused-ring (bicyclic) bond motifs is 1. The molecule has 94 valence electrons. The summed E-state index contributed by atoms with van der Waals surface area (Å²) in [6.07, 6.45) is 3.20. The first kappa shape index (κ1) is 12.2. The summed E-state index contributed by atoms with van der Waals surface area (Å²) in [5.41, 5.74) is 2.57. The first-order valence-electron chi connectivity index (χ1n) is 5.74. The van der Waals surface area contributed by atoms with E-state index < -0.39 is 0 Å². The summed E-state index contributed by atoms with van der Waals surface area (Å²) in [7, 11) is 0. The quantitative estimate of drug-likeness (QED) is 0.641. The molecule has 0 aliphatic carbocycles. The van der Waals surface area contributed by atoms with Crippen molar-refractivity contribution in [3.05, 3.63) is 36.2 Å². The van der Waals surface area contributed by atoms with Gasteiger partial charge in [-0.05, 0) is 32.0 Å². The highest BCUT2D eigenvalue weighted by molar-refractivity contribution is 5.84. The van der Waals surface area contributed by atoms with Gasteiger partial charge in [0.1, 0.15) is 0 Å². The zero-order chi connectivity index (χ0) is 13.0. The van der Waals surface area contributed by atoms with Crippen molar-refractivity contribution in [3.63, 3.8) is 0 Å².